The third-order valence-electron chi connectivity index (χ3n) is 5.18. The smallest absolute Gasteiger partial charge is 0.165 e. The Bertz CT molecular complexity index is 537. The molecule has 1 aromatic rings. The highest BCUT2D eigenvalue weighted by molar-refractivity contribution is 5.48. The summed E-state index contributed by atoms with van der Waals surface area (Å²) in [6.45, 7) is 3.86. The van der Waals surface area contributed by atoms with Gasteiger partial charge in [0.2, 0.25) is 0 Å². The van der Waals surface area contributed by atoms with Gasteiger partial charge in [0.25, 0.3) is 0 Å². The van der Waals surface area contributed by atoms with E-state index in [2.05, 4.69) is 36.0 Å². The van der Waals surface area contributed by atoms with Gasteiger partial charge in [-0.3, -0.25) is 4.90 Å². The number of likely N-dealkylation sites (N-methyl/N-ethyl adjacent to an activating group) is 1. The summed E-state index contributed by atoms with van der Waals surface area (Å²) < 4.78 is 12.0. The van der Waals surface area contributed by atoms with Crippen LogP contribution < -0.4 is 15.2 Å². The van der Waals surface area contributed by atoms with Crippen LogP contribution in [-0.4, -0.2) is 63.3 Å². The van der Waals surface area contributed by atoms with Crippen LogP contribution in [0.3, 0.4) is 0 Å². The van der Waals surface area contributed by atoms with E-state index in [0.29, 0.717) is 12.0 Å². The van der Waals surface area contributed by atoms with E-state index in [4.69, 9.17) is 15.2 Å². The number of para-hydroxylation sites is 1. The second kappa shape index (κ2) is 7.07. The Kier molecular flexibility index (Phi) is 5.09. The lowest BCUT2D eigenvalue weighted by Crippen LogP contribution is -2.22. The monoisotopic (exact) mass is 319 g/mol. The SMILES string of the molecule is COc1c(OC2CCN(C)C2)cccc1C1CC(CN)CN1C. The van der Waals surface area contributed by atoms with Gasteiger partial charge in [-0.15, -0.1) is 0 Å². The molecule has 3 unspecified atom stereocenters. The predicted molar refractivity (Wildman–Crippen MR) is 92.1 cm³/mol. The Morgan fingerprint density at radius 2 is 2.09 bits per heavy atom. The Morgan fingerprint density at radius 1 is 1.26 bits per heavy atom. The minimum Gasteiger partial charge on any atom is -0.493 e. The highest BCUT2D eigenvalue weighted by Gasteiger charge is 2.33. The molecule has 0 radical (unpaired) electrons. The summed E-state index contributed by atoms with van der Waals surface area (Å²) >= 11 is 0. The molecule has 2 N–H and O–H groups in total. The zero-order valence-corrected chi connectivity index (χ0v) is 14.5. The molecule has 1 aromatic carbocycles. The lowest BCUT2D eigenvalue weighted by atomic mass is 9.98. The molecule has 5 heteroatoms. The number of methoxy groups -OCH3 is 1. The van der Waals surface area contributed by atoms with Gasteiger partial charge in [-0.2, -0.15) is 0 Å². The molecule has 0 aliphatic carbocycles. The molecule has 23 heavy (non-hydrogen) atoms. The molecule has 2 aliphatic heterocycles. The lowest BCUT2D eigenvalue weighted by molar-refractivity contribution is 0.197. The summed E-state index contributed by atoms with van der Waals surface area (Å²) in [5.41, 5.74) is 7.09. The summed E-state index contributed by atoms with van der Waals surface area (Å²) in [5, 5.41) is 0. The lowest BCUT2D eigenvalue weighted by Gasteiger charge is -2.24. The molecule has 0 spiro atoms. The van der Waals surface area contributed by atoms with Crippen molar-refractivity contribution in [2.45, 2.75) is 25.0 Å². The van der Waals surface area contributed by atoms with E-state index in [-0.39, 0.29) is 6.10 Å². The van der Waals surface area contributed by atoms with Gasteiger partial charge in [-0.05, 0) is 45.5 Å². The van der Waals surface area contributed by atoms with E-state index in [1.54, 1.807) is 7.11 Å². The number of ether oxygens (including phenoxy) is 2. The van der Waals surface area contributed by atoms with Crippen molar-refractivity contribution < 1.29 is 9.47 Å². The molecular weight excluding hydrogens is 290 g/mol. The minimum absolute atomic E-state index is 0.252. The van der Waals surface area contributed by atoms with E-state index >= 15 is 0 Å². The van der Waals surface area contributed by atoms with Gasteiger partial charge in [0.1, 0.15) is 6.10 Å². The minimum atomic E-state index is 0.252. The van der Waals surface area contributed by atoms with E-state index < -0.39 is 0 Å². The van der Waals surface area contributed by atoms with E-state index in [0.717, 1.165) is 50.5 Å². The first kappa shape index (κ1) is 16.6. The molecule has 2 heterocycles. The molecule has 2 saturated heterocycles. The quantitative estimate of drug-likeness (QED) is 0.896. The van der Waals surface area contributed by atoms with Gasteiger partial charge >= 0.3 is 0 Å². The Hall–Kier alpha value is -1.30. The van der Waals surface area contributed by atoms with Crippen LogP contribution >= 0.6 is 0 Å². The van der Waals surface area contributed by atoms with Gasteiger partial charge < -0.3 is 20.1 Å². The van der Waals surface area contributed by atoms with Crippen molar-refractivity contribution in [3.05, 3.63) is 23.8 Å². The van der Waals surface area contributed by atoms with Crippen molar-refractivity contribution >= 4 is 0 Å². The summed E-state index contributed by atoms with van der Waals surface area (Å²) in [4.78, 5) is 4.68. The zero-order chi connectivity index (χ0) is 16.4. The molecule has 0 amide bonds. The number of benzene rings is 1. The van der Waals surface area contributed by atoms with Crippen molar-refractivity contribution in [2.24, 2.45) is 11.7 Å². The average molecular weight is 319 g/mol. The van der Waals surface area contributed by atoms with E-state index in [1.807, 2.05) is 6.07 Å². The molecule has 0 bridgehead atoms. The standard InChI is InChI=1S/C18H29N3O2/c1-20-8-7-14(12-20)23-17-6-4-5-15(18(17)22-3)16-9-13(10-19)11-21(16)2/h4-6,13-14,16H,7-12,19H2,1-3H3. The summed E-state index contributed by atoms with van der Waals surface area (Å²) in [6.07, 6.45) is 2.41. The number of hydrogen-bond acceptors (Lipinski definition) is 5. The fourth-order valence-electron chi connectivity index (χ4n) is 3.92. The number of likely N-dealkylation sites (tertiary alicyclic amines) is 2. The van der Waals surface area contributed by atoms with Crippen molar-refractivity contribution in [3.8, 4) is 11.5 Å². The van der Waals surface area contributed by atoms with Gasteiger partial charge in [-0.1, -0.05) is 12.1 Å². The number of nitrogens with zero attached hydrogens (tertiary/aromatic N) is 2. The van der Waals surface area contributed by atoms with Crippen LogP contribution in [-0.2, 0) is 0 Å². The molecule has 2 fully saturated rings. The summed E-state index contributed by atoms with van der Waals surface area (Å²) in [7, 11) is 6.04. The van der Waals surface area contributed by atoms with Gasteiger partial charge in [0.05, 0.1) is 7.11 Å². The fraction of sp³-hybridized carbons (Fsp3) is 0.667. The normalized spacial score (nSPS) is 29.1. The first-order chi connectivity index (χ1) is 11.1. The number of rotatable bonds is 5. The van der Waals surface area contributed by atoms with Crippen LogP contribution in [0.2, 0.25) is 0 Å². The molecule has 2 aliphatic rings. The molecule has 3 rings (SSSR count). The third kappa shape index (κ3) is 3.47. The second-order valence-electron chi connectivity index (χ2n) is 6.96. The van der Waals surface area contributed by atoms with Crippen LogP contribution in [0.5, 0.6) is 11.5 Å². The first-order valence-corrected chi connectivity index (χ1v) is 8.54. The van der Waals surface area contributed by atoms with Crippen LogP contribution in [0, 0.1) is 5.92 Å². The van der Waals surface area contributed by atoms with Crippen molar-refractivity contribution in [3.63, 3.8) is 0 Å². The maximum absolute atomic E-state index is 6.25. The van der Waals surface area contributed by atoms with Crippen molar-refractivity contribution in [1.82, 2.24) is 9.80 Å². The largest absolute Gasteiger partial charge is 0.493 e. The number of hydrogen-bond donors (Lipinski definition) is 1. The second-order valence-corrected chi connectivity index (χ2v) is 6.96. The molecule has 0 aromatic heterocycles. The Balaban J connectivity index is 1.82. The predicted octanol–water partition coefficient (Wildman–Crippen LogP) is 1.73. The van der Waals surface area contributed by atoms with Crippen molar-refractivity contribution in [1.29, 1.82) is 0 Å². The third-order valence-corrected chi connectivity index (χ3v) is 5.18. The molecule has 3 atom stereocenters. The van der Waals surface area contributed by atoms with Crippen molar-refractivity contribution in [2.75, 3.05) is 47.4 Å². The highest BCUT2D eigenvalue weighted by atomic mass is 16.5. The maximum Gasteiger partial charge on any atom is 0.165 e. The van der Waals surface area contributed by atoms with Crippen LogP contribution in [0.25, 0.3) is 0 Å². The molecular formula is C18H29N3O2. The summed E-state index contributed by atoms with van der Waals surface area (Å²) in [6, 6.07) is 6.62. The van der Waals surface area contributed by atoms with E-state index in [9.17, 15) is 0 Å². The van der Waals surface area contributed by atoms with Crippen LogP contribution in [0.15, 0.2) is 18.2 Å². The topological polar surface area (TPSA) is 51.0 Å². The summed E-state index contributed by atoms with van der Waals surface area (Å²) in [5.74, 6) is 2.31. The van der Waals surface area contributed by atoms with Crippen LogP contribution in [0.1, 0.15) is 24.4 Å². The van der Waals surface area contributed by atoms with E-state index in [1.165, 1.54) is 5.56 Å². The van der Waals surface area contributed by atoms with Gasteiger partial charge in [0.15, 0.2) is 11.5 Å². The van der Waals surface area contributed by atoms with Gasteiger partial charge in [-0.25, -0.2) is 0 Å². The molecule has 5 nitrogen and oxygen atoms in total. The Labute approximate surface area is 139 Å². The van der Waals surface area contributed by atoms with Crippen LogP contribution in [0.4, 0.5) is 0 Å². The highest BCUT2D eigenvalue weighted by Crippen LogP contribution is 2.42. The fourth-order valence-corrected chi connectivity index (χ4v) is 3.92. The maximum atomic E-state index is 6.25. The zero-order valence-electron chi connectivity index (χ0n) is 14.5. The Morgan fingerprint density at radius 3 is 2.70 bits per heavy atom. The first-order valence-electron chi connectivity index (χ1n) is 8.54. The number of nitrogens with two attached hydrogens (primary N) is 1. The molecule has 128 valence electrons. The molecule has 0 saturated carbocycles. The van der Waals surface area contributed by atoms with Gasteiger partial charge in [0, 0.05) is 31.2 Å². The average Bonchev–Trinajstić information content (AvgIpc) is 3.12.